The number of benzene rings is 2. The molecule has 6 heteroatoms. The molecule has 3 rings (SSSR count). The van der Waals surface area contributed by atoms with Crippen molar-refractivity contribution in [2.24, 2.45) is 5.92 Å². The number of amides is 1. The highest BCUT2D eigenvalue weighted by Gasteiger charge is 2.53. The molecule has 24 heavy (non-hydrogen) atoms. The van der Waals surface area contributed by atoms with Gasteiger partial charge in [-0.1, -0.05) is 42.5 Å². The molecule has 2 aromatic rings. The molecule has 2 atom stereocenters. The fourth-order valence-electron chi connectivity index (χ4n) is 2.48. The summed E-state index contributed by atoms with van der Waals surface area (Å²) >= 11 is 0. The number of hydrogen-bond acceptors (Lipinski definition) is 4. The number of nitro groups is 1. The van der Waals surface area contributed by atoms with Crippen molar-refractivity contribution in [3.05, 3.63) is 75.8 Å². The second-order valence-electron chi connectivity index (χ2n) is 5.86. The van der Waals surface area contributed by atoms with Gasteiger partial charge in [-0.2, -0.15) is 0 Å². The van der Waals surface area contributed by atoms with E-state index in [9.17, 15) is 14.9 Å². The standard InChI is InChI=1S/C18H18N2O4/c21-18(16-10-17(16)20(22)23)19-15-8-6-14(7-9-15)12-24-11-13-4-2-1-3-5-13/h1-9,16-17H,10-12H2,(H,19,21)/t16-,17+/m1/s1. The molecule has 1 fully saturated rings. The van der Waals surface area contributed by atoms with Crippen LogP contribution in [0.3, 0.4) is 0 Å². The molecule has 2 aromatic carbocycles. The maximum absolute atomic E-state index is 11.9. The molecule has 1 aliphatic rings. The number of carbonyl (C=O) groups excluding carboxylic acids is 1. The zero-order valence-corrected chi connectivity index (χ0v) is 13.1. The lowest BCUT2D eigenvalue weighted by molar-refractivity contribution is -0.497. The molecule has 0 aromatic heterocycles. The Morgan fingerprint density at radius 1 is 1.08 bits per heavy atom. The zero-order valence-electron chi connectivity index (χ0n) is 13.1. The van der Waals surface area contributed by atoms with E-state index in [2.05, 4.69) is 5.32 Å². The van der Waals surface area contributed by atoms with E-state index in [4.69, 9.17) is 4.74 Å². The maximum Gasteiger partial charge on any atom is 0.234 e. The van der Waals surface area contributed by atoms with Crippen LogP contribution in [0, 0.1) is 16.0 Å². The summed E-state index contributed by atoms with van der Waals surface area (Å²) in [5, 5.41) is 13.3. The van der Waals surface area contributed by atoms with Crippen LogP contribution in [0.4, 0.5) is 5.69 Å². The molecule has 0 bridgehead atoms. The second kappa shape index (κ2) is 7.23. The molecule has 0 aliphatic heterocycles. The molecule has 6 nitrogen and oxygen atoms in total. The molecule has 0 saturated heterocycles. The minimum absolute atomic E-state index is 0.287. The number of rotatable bonds is 7. The smallest absolute Gasteiger partial charge is 0.234 e. The van der Waals surface area contributed by atoms with E-state index in [1.165, 1.54) is 0 Å². The third-order valence-electron chi connectivity index (χ3n) is 3.97. The Kier molecular flexibility index (Phi) is 4.86. The van der Waals surface area contributed by atoms with Gasteiger partial charge in [0.2, 0.25) is 11.9 Å². The Labute approximate surface area is 139 Å². The highest BCUT2D eigenvalue weighted by molar-refractivity contribution is 5.94. The van der Waals surface area contributed by atoms with Crippen LogP contribution >= 0.6 is 0 Å². The van der Waals surface area contributed by atoms with Crippen molar-refractivity contribution < 1.29 is 14.5 Å². The Morgan fingerprint density at radius 3 is 2.29 bits per heavy atom. The second-order valence-corrected chi connectivity index (χ2v) is 5.86. The highest BCUT2D eigenvalue weighted by Crippen LogP contribution is 2.34. The lowest BCUT2D eigenvalue weighted by Gasteiger charge is -2.07. The van der Waals surface area contributed by atoms with Crippen molar-refractivity contribution in [1.29, 1.82) is 0 Å². The topological polar surface area (TPSA) is 81.5 Å². The molecule has 1 saturated carbocycles. The van der Waals surface area contributed by atoms with Crippen LogP contribution in [0.1, 0.15) is 17.5 Å². The van der Waals surface area contributed by atoms with Crippen LogP contribution in [-0.2, 0) is 22.7 Å². The first-order chi connectivity index (χ1) is 11.6. The SMILES string of the molecule is O=C(Nc1ccc(COCc2ccccc2)cc1)[C@@H]1C[C@@H]1[N+](=O)[O-]. The van der Waals surface area contributed by atoms with E-state index in [-0.39, 0.29) is 5.91 Å². The largest absolute Gasteiger partial charge is 0.372 e. The van der Waals surface area contributed by atoms with Gasteiger partial charge in [0.15, 0.2) is 0 Å². The minimum Gasteiger partial charge on any atom is -0.372 e. The monoisotopic (exact) mass is 326 g/mol. The average Bonchev–Trinajstić information content (AvgIpc) is 3.38. The van der Waals surface area contributed by atoms with Crippen LogP contribution in [0.5, 0.6) is 0 Å². The fraction of sp³-hybridized carbons (Fsp3) is 0.278. The number of nitrogens with zero attached hydrogens (tertiary/aromatic N) is 1. The molecule has 1 N–H and O–H groups in total. The zero-order chi connectivity index (χ0) is 16.9. The van der Waals surface area contributed by atoms with Crippen LogP contribution in [0.25, 0.3) is 0 Å². The molecule has 0 heterocycles. The molecule has 0 unspecified atom stereocenters. The molecule has 0 radical (unpaired) electrons. The number of nitrogens with one attached hydrogen (secondary N) is 1. The normalized spacial score (nSPS) is 18.8. The van der Waals surface area contributed by atoms with Crippen LogP contribution in [-0.4, -0.2) is 16.9 Å². The van der Waals surface area contributed by atoms with Crippen molar-refractivity contribution in [1.82, 2.24) is 0 Å². The van der Waals surface area contributed by atoms with E-state index < -0.39 is 16.9 Å². The minimum atomic E-state index is -0.726. The van der Waals surface area contributed by atoms with E-state index in [0.717, 1.165) is 11.1 Å². The summed E-state index contributed by atoms with van der Waals surface area (Å²) < 4.78 is 5.65. The molecule has 0 spiro atoms. The maximum atomic E-state index is 11.9. The van der Waals surface area contributed by atoms with Crippen molar-refractivity contribution in [3.63, 3.8) is 0 Å². The molecular weight excluding hydrogens is 308 g/mol. The number of ether oxygens (including phenoxy) is 1. The summed E-state index contributed by atoms with van der Waals surface area (Å²) in [6, 6.07) is 16.5. The first kappa shape index (κ1) is 16.1. The predicted molar refractivity (Wildman–Crippen MR) is 88.9 cm³/mol. The average molecular weight is 326 g/mol. The Morgan fingerprint density at radius 2 is 1.71 bits per heavy atom. The third kappa shape index (κ3) is 4.17. The summed E-state index contributed by atoms with van der Waals surface area (Å²) in [5.41, 5.74) is 2.76. The number of carbonyl (C=O) groups is 1. The quantitative estimate of drug-likeness (QED) is 0.626. The number of anilines is 1. The van der Waals surface area contributed by atoms with Gasteiger partial charge in [0.1, 0.15) is 5.92 Å². The molecule has 124 valence electrons. The summed E-state index contributed by atoms with van der Waals surface area (Å²) in [4.78, 5) is 22.1. The van der Waals surface area contributed by atoms with Crippen LogP contribution in [0.15, 0.2) is 54.6 Å². The van der Waals surface area contributed by atoms with Gasteiger partial charge in [0, 0.05) is 17.0 Å². The predicted octanol–water partition coefficient (Wildman–Crippen LogP) is 3.01. The van der Waals surface area contributed by atoms with Crippen molar-refractivity contribution in [2.75, 3.05) is 5.32 Å². The van der Waals surface area contributed by atoms with Gasteiger partial charge in [0.25, 0.3) is 0 Å². The first-order valence-electron chi connectivity index (χ1n) is 7.78. The van der Waals surface area contributed by atoms with Crippen molar-refractivity contribution in [3.8, 4) is 0 Å². The van der Waals surface area contributed by atoms with Crippen LogP contribution < -0.4 is 5.32 Å². The Bertz CT molecular complexity index is 716. The lowest BCUT2D eigenvalue weighted by atomic mass is 10.2. The summed E-state index contributed by atoms with van der Waals surface area (Å²) in [5.74, 6) is -0.793. The lowest BCUT2D eigenvalue weighted by Crippen LogP contribution is -2.18. The van der Waals surface area contributed by atoms with Gasteiger partial charge < -0.3 is 10.1 Å². The van der Waals surface area contributed by atoms with E-state index in [0.29, 0.717) is 25.3 Å². The first-order valence-corrected chi connectivity index (χ1v) is 7.78. The molecule has 1 amide bonds. The van der Waals surface area contributed by atoms with Gasteiger partial charge in [-0.25, -0.2) is 0 Å². The molecule has 1 aliphatic carbocycles. The van der Waals surface area contributed by atoms with Crippen LogP contribution in [0.2, 0.25) is 0 Å². The fourth-order valence-corrected chi connectivity index (χ4v) is 2.48. The summed E-state index contributed by atoms with van der Waals surface area (Å²) in [6.07, 6.45) is 0.324. The Hall–Kier alpha value is -2.73. The van der Waals surface area contributed by atoms with Gasteiger partial charge >= 0.3 is 0 Å². The van der Waals surface area contributed by atoms with E-state index >= 15 is 0 Å². The van der Waals surface area contributed by atoms with Gasteiger partial charge in [-0.15, -0.1) is 0 Å². The molecular formula is C18H18N2O4. The van der Waals surface area contributed by atoms with E-state index in [1.54, 1.807) is 12.1 Å². The van der Waals surface area contributed by atoms with Crippen molar-refractivity contribution in [2.45, 2.75) is 25.7 Å². The number of hydrogen-bond donors (Lipinski definition) is 1. The van der Waals surface area contributed by atoms with Gasteiger partial charge in [0.05, 0.1) is 13.2 Å². The Balaban J connectivity index is 1.45. The third-order valence-corrected chi connectivity index (χ3v) is 3.97. The van der Waals surface area contributed by atoms with Gasteiger partial charge in [-0.05, 0) is 23.3 Å². The van der Waals surface area contributed by atoms with Crippen molar-refractivity contribution >= 4 is 11.6 Å². The summed E-state index contributed by atoms with van der Waals surface area (Å²) in [7, 11) is 0. The highest BCUT2D eigenvalue weighted by atomic mass is 16.6. The van der Waals surface area contributed by atoms with Gasteiger partial charge in [-0.3, -0.25) is 14.9 Å². The summed E-state index contributed by atoms with van der Waals surface area (Å²) in [6.45, 7) is 1.03. The van der Waals surface area contributed by atoms with E-state index in [1.807, 2.05) is 42.5 Å².